The van der Waals surface area contributed by atoms with Gasteiger partial charge in [0.1, 0.15) is 5.76 Å². The number of benzene rings is 1. The molecule has 0 spiro atoms. The first-order valence-corrected chi connectivity index (χ1v) is 10.6. The number of aryl methyl sites for hydroxylation is 2. The Kier molecular flexibility index (Phi) is 6.15. The Hall–Kier alpha value is -2.71. The molecule has 4 rings (SSSR count). The van der Waals surface area contributed by atoms with Crippen LogP contribution in [0.1, 0.15) is 24.7 Å². The molecule has 1 aromatic heterocycles. The van der Waals surface area contributed by atoms with Crippen LogP contribution in [0.5, 0.6) is 0 Å². The van der Waals surface area contributed by atoms with E-state index < -0.39 is 0 Å². The Morgan fingerprint density at radius 2 is 1.93 bits per heavy atom. The summed E-state index contributed by atoms with van der Waals surface area (Å²) in [4.78, 5) is 31.7. The van der Waals surface area contributed by atoms with Crippen molar-refractivity contribution in [2.24, 2.45) is 0 Å². The molecule has 1 fully saturated rings. The van der Waals surface area contributed by atoms with Crippen molar-refractivity contribution in [2.45, 2.75) is 32.7 Å². The average molecular weight is 412 g/mol. The highest BCUT2D eigenvalue weighted by molar-refractivity contribution is 5.98. The third kappa shape index (κ3) is 4.55. The van der Waals surface area contributed by atoms with Gasteiger partial charge in [-0.3, -0.25) is 19.4 Å². The summed E-state index contributed by atoms with van der Waals surface area (Å²) in [5.41, 5.74) is 2.31. The molecule has 2 aromatic rings. The first kappa shape index (κ1) is 20.6. The van der Waals surface area contributed by atoms with Crippen LogP contribution in [-0.4, -0.2) is 72.1 Å². The molecule has 1 N–H and O–H groups in total. The zero-order valence-corrected chi connectivity index (χ0v) is 17.6. The van der Waals surface area contributed by atoms with Gasteiger partial charge in [0.25, 0.3) is 0 Å². The number of aromatic nitrogens is 1. The summed E-state index contributed by atoms with van der Waals surface area (Å²) in [7, 11) is 0. The summed E-state index contributed by atoms with van der Waals surface area (Å²) in [5.74, 6) is 1.16. The number of piperazine rings is 1. The zero-order valence-electron chi connectivity index (χ0n) is 17.6. The number of para-hydroxylation sites is 1. The van der Waals surface area contributed by atoms with Gasteiger partial charge in [0, 0.05) is 44.5 Å². The number of fused-ring (bicyclic) bond motifs is 1. The maximum atomic E-state index is 13.2. The van der Waals surface area contributed by atoms with Crippen molar-refractivity contribution in [3.8, 4) is 0 Å². The van der Waals surface area contributed by atoms with Gasteiger partial charge in [-0.25, -0.2) is 0 Å². The van der Waals surface area contributed by atoms with Gasteiger partial charge < -0.3 is 14.7 Å². The summed E-state index contributed by atoms with van der Waals surface area (Å²) in [5, 5.41) is 6.54. The van der Waals surface area contributed by atoms with E-state index in [1.807, 2.05) is 30.0 Å². The highest BCUT2D eigenvalue weighted by Gasteiger charge is 2.31. The van der Waals surface area contributed by atoms with Crippen molar-refractivity contribution in [3.63, 3.8) is 0 Å². The van der Waals surface area contributed by atoms with E-state index in [1.165, 1.54) is 5.56 Å². The molecule has 1 unspecified atom stereocenters. The maximum Gasteiger partial charge on any atom is 0.244 e. The lowest BCUT2D eigenvalue weighted by molar-refractivity contribution is -0.125. The molecule has 2 amide bonds. The van der Waals surface area contributed by atoms with Crippen LogP contribution >= 0.6 is 0 Å². The minimum Gasteiger partial charge on any atom is -0.360 e. The van der Waals surface area contributed by atoms with Crippen LogP contribution < -0.4 is 10.2 Å². The Morgan fingerprint density at radius 3 is 2.67 bits per heavy atom. The molecule has 3 heterocycles. The molecule has 1 saturated heterocycles. The van der Waals surface area contributed by atoms with Gasteiger partial charge in [-0.1, -0.05) is 23.4 Å². The Balaban J connectivity index is 1.28. The highest BCUT2D eigenvalue weighted by atomic mass is 16.5. The second-order valence-electron chi connectivity index (χ2n) is 8.08. The van der Waals surface area contributed by atoms with Crippen molar-refractivity contribution < 1.29 is 14.1 Å². The SMILES string of the molecule is Cc1cc(NC(=O)CN2CCN(C(C)C(=O)N3CCCc4ccccc43)CC2)no1. The number of carbonyl (C=O) groups excluding carboxylic acids is 2. The van der Waals surface area contributed by atoms with Gasteiger partial charge in [0.15, 0.2) is 5.82 Å². The van der Waals surface area contributed by atoms with Crippen LogP contribution in [0.2, 0.25) is 0 Å². The van der Waals surface area contributed by atoms with E-state index in [2.05, 4.69) is 26.3 Å². The lowest BCUT2D eigenvalue weighted by Crippen LogP contribution is -2.56. The maximum absolute atomic E-state index is 13.2. The van der Waals surface area contributed by atoms with E-state index in [0.29, 0.717) is 18.1 Å². The quantitative estimate of drug-likeness (QED) is 0.809. The number of hydrogen-bond donors (Lipinski definition) is 1. The second kappa shape index (κ2) is 8.97. The molecule has 0 radical (unpaired) electrons. The molecule has 30 heavy (non-hydrogen) atoms. The van der Waals surface area contributed by atoms with E-state index in [4.69, 9.17) is 4.52 Å². The highest BCUT2D eigenvalue weighted by Crippen LogP contribution is 2.27. The van der Waals surface area contributed by atoms with Crippen LogP contribution in [0.4, 0.5) is 11.5 Å². The number of anilines is 2. The van der Waals surface area contributed by atoms with E-state index in [1.54, 1.807) is 13.0 Å². The predicted octanol–water partition coefficient (Wildman–Crippen LogP) is 1.91. The van der Waals surface area contributed by atoms with Crippen molar-refractivity contribution in [3.05, 3.63) is 41.7 Å². The third-order valence-electron chi connectivity index (χ3n) is 5.95. The summed E-state index contributed by atoms with van der Waals surface area (Å²) in [6.45, 7) is 7.89. The molecule has 1 atom stereocenters. The lowest BCUT2D eigenvalue weighted by atomic mass is 10.0. The summed E-state index contributed by atoms with van der Waals surface area (Å²) in [6, 6.07) is 9.72. The molecule has 2 aliphatic rings. The van der Waals surface area contributed by atoms with Crippen LogP contribution in [0, 0.1) is 6.92 Å². The average Bonchev–Trinajstić information content (AvgIpc) is 3.17. The fourth-order valence-corrected chi connectivity index (χ4v) is 4.26. The Labute approximate surface area is 176 Å². The summed E-state index contributed by atoms with van der Waals surface area (Å²) < 4.78 is 4.97. The summed E-state index contributed by atoms with van der Waals surface area (Å²) >= 11 is 0. The number of nitrogens with one attached hydrogen (secondary N) is 1. The van der Waals surface area contributed by atoms with Gasteiger partial charge >= 0.3 is 0 Å². The number of carbonyl (C=O) groups is 2. The molecule has 8 heteroatoms. The molecule has 8 nitrogen and oxygen atoms in total. The van der Waals surface area contributed by atoms with Gasteiger partial charge in [0.2, 0.25) is 11.8 Å². The van der Waals surface area contributed by atoms with E-state index in [-0.39, 0.29) is 17.9 Å². The van der Waals surface area contributed by atoms with Gasteiger partial charge in [-0.15, -0.1) is 0 Å². The van der Waals surface area contributed by atoms with E-state index in [9.17, 15) is 9.59 Å². The van der Waals surface area contributed by atoms with Gasteiger partial charge in [-0.05, 0) is 38.3 Å². The summed E-state index contributed by atoms with van der Waals surface area (Å²) in [6.07, 6.45) is 2.03. The molecular weight excluding hydrogens is 382 g/mol. The first-order valence-electron chi connectivity index (χ1n) is 10.6. The van der Waals surface area contributed by atoms with Crippen LogP contribution in [0.3, 0.4) is 0 Å². The van der Waals surface area contributed by atoms with Gasteiger partial charge in [-0.2, -0.15) is 0 Å². The molecule has 0 saturated carbocycles. The third-order valence-corrected chi connectivity index (χ3v) is 5.95. The van der Waals surface area contributed by atoms with Crippen molar-refractivity contribution >= 4 is 23.3 Å². The van der Waals surface area contributed by atoms with Gasteiger partial charge in [0.05, 0.1) is 12.6 Å². The number of nitrogens with zero attached hydrogens (tertiary/aromatic N) is 4. The minimum atomic E-state index is -0.176. The Morgan fingerprint density at radius 1 is 1.17 bits per heavy atom. The lowest BCUT2D eigenvalue weighted by Gasteiger charge is -2.39. The molecule has 1 aromatic carbocycles. The molecule has 160 valence electrons. The first-order chi connectivity index (χ1) is 14.5. The van der Waals surface area contributed by atoms with Crippen LogP contribution in [-0.2, 0) is 16.0 Å². The van der Waals surface area contributed by atoms with Crippen LogP contribution in [0.15, 0.2) is 34.9 Å². The topological polar surface area (TPSA) is 81.9 Å². The normalized spacial score (nSPS) is 18.7. The number of amides is 2. The fraction of sp³-hybridized carbons (Fsp3) is 0.500. The van der Waals surface area contributed by atoms with E-state index in [0.717, 1.165) is 51.3 Å². The fourth-order valence-electron chi connectivity index (χ4n) is 4.26. The van der Waals surface area contributed by atoms with Crippen LogP contribution in [0.25, 0.3) is 0 Å². The largest absolute Gasteiger partial charge is 0.360 e. The standard InChI is InChI=1S/C22H29N5O3/c1-16-14-20(24-30-16)23-21(28)15-25-10-12-26(13-11-25)17(2)22(29)27-9-5-7-18-6-3-4-8-19(18)27/h3-4,6,8,14,17H,5,7,9-13,15H2,1-2H3,(H,23,24,28). The van der Waals surface area contributed by atoms with Crippen molar-refractivity contribution in [1.29, 1.82) is 0 Å². The van der Waals surface area contributed by atoms with E-state index >= 15 is 0 Å². The molecule has 0 bridgehead atoms. The predicted molar refractivity (Wildman–Crippen MR) is 114 cm³/mol. The molecular formula is C22H29N5O3. The number of hydrogen-bond acceptors (Lipinski definition) is 6. The number of rotatable bonds is 5. The minimum absolute atomic E-state index is 0.106. The van der Waals surface area contributed by atoms with Crippen molar-refractivity contribution in [2.75, 3.05) is 49.5 Å². The molecule has 2 aliphatic heterocycles. The van der Waals surface area contributed by atoms with Crippen molar-refractivity contribution in [1.82, 2.24) is 15.0 Å². The second-order valence-corrected chi connectivity index (χ2v) is 8.08. The monoisotopic (exact) mass is 411 g/mol. The molecule has 0 aliphatic carbocycles. The smallest absolute Gasteiger partial charge is 0.244 e. The zero-order chi connectivity index (χ0) is 21.1. The Bertz CT molecular complexity index is 904.